The number of hydrogen-bond donors (Lipinski definition) is 0. The first-order valence-corrected chi connectivity index (χ1v) is 7.68. The van der Waals surface area contributed by atoms with Gasteiger partial charge < -0.3 is 30.5 Å². The summed E-state index contributed by atoms with van der Waals surface area (Å²) in [5.74, 6) is 0.543. The van der Waals surface area contributed by atoms with Gasteiger partial charge in [-0.25, -0.2) is 0 Å². The van der Waals surface area contributed by atoms with Crippen LogP contribution in [0.5, 0.6) is 0 Å². The van der Waals surface area contributed by atoms with E-state index in [1.54, 1.807) is 0 Å². The number of allylic oxidation sites excluding steroid dienone is 4. The summed E-state index contributed by atoms with van der Waals surface area (Å²) in [7, 11) is 0. The van der Waals surface area contributed by atoms with E-state index >= 15 is 0 Å². The average molecular weight is 402 g/mol. The fourth-order valence-corrected chi connectivity index (χ4v) is 2.58. The van der Waals surface area contributed by atoms with Gasteiger partial charge in [-0.2, -0.15) is 18.1 Å². The second-order valence-electron chi connectivity index (χ2n) is 6.80. The van der Waals surface area contributed by atoms with Gasteiger partial charge in [-0.15, -0.1) is 23.2 Å². The molecule has 1 N–H and O–H groups in total. The third-order valence-corrected chi connectivity index (χ3v) is 3.51. The van der Waals surface area contributed by atoms with Crippen molar-refractivity contribution in [1.82, 2.24) is 0 Å². The molecule has 1 unspecified atom stereocenters. The molecule has 0 bridgehead atoms. The van der Waals surface area contributed by atoms with Crippen molar-refractivity contribution in [1.29, 1.82) is 0 Å². The van der Waals surface area contributed by atoms with Gasteiger partial charge in [0.2, 0.25) is 0 Å². The average Bonchev–Trinajstić information content (AvgIpc) is 2.61. The minimum Gasteiger partial charge on any atom is -1.00 e. The maximum atomic E-state index is 6.94. The van der Waals surface area contributed by atoms with Crippen LogP contribution in [0.4, 0.5) is 0 Å². The van der Waals surface area contributed by atoms with E-state index in [1.807, 2.05) is 20.8 Å². The maximum absolute atomic E-state index is 6.94. The summed E-state index contributed by atoms with van der Waals surface area (Å²) in [6.07, 6.45) is 4.55. The SMILES string of the molecule is CC(C)(C)[NH-].C[CH-]c1ccccc1C1=C(C)C(C)=CC1C.[Cl-].[Cl-].[Ti+2]. The first-order chi connectivity index (χ1) is 9.65. The normalized spacial score (nSPS) is 15.8. The Hall–Kier alpha value is -0.176. The van der Waals surface area contributed by atoms with Crippen molar-refractivity contribution < 1.29 is 46.5 Å². The molecule has 1 atom stereocenters. The fraction of sp³-hybridized carbons (Fsp3) is 0.450. The van der Waals surface area contributed by atoms with Crippen LogP contribution >= 0.6 is 0 Å². The zero-order valence-corrected chi connectivity index (χ0v) is 18.9. The number of nitrogens with one attached hydrogen (secondary N) is 1. The van der Waals surface area contributed by atoms with E-state index in [2.05, 4.69) is 64.5 Å². The van der Waals surface area contributed by atoms with E-state index in [-0.39, 0.29) is 52.1 Å². The molecule has 0 radical (unpaired) electrons. The van der Waals surface area contributed by atoms with Crippen molar-refractivity contribution in [3.05, 3.63) is 64.8 Å². The van der Waals surface area contributed by atoms with Gasteiger partial charge in [0.05, 0.1) is 0 Å². The van der Waals surface area contributed by atoms with Crippen molar-refractivity contribution in [3.63, 3.8) is 0 Å². The predicted octanol–water partition coefficient (Wildman–Crippen LogP) is 0.471. The van der Waals surface area contributed by atoms with Crippen molar-refractivity contribution in [2.24, 2.45) is 5.92 Å². The molecule has 0 spiro atoms. The molecule has 1 nitrogen and oxygen atoms in total. The standard InChI is InChI=1S/C16H19.C4H10N.2ClH.Ti/c1-5-14-8-6-7-9-15(14)16-12(3)10-11(2)13(16)4;1-4(2,3)5;;;/h5-10,12H,1-4H3;5H,1-3H3;2*1H;/q2*-1;;;+2/p-2. The first-order valence-electron chi connectivity index (χ1n) is 7.68. The Balaban J connectivity index is -0.000000490. The van der Waals surface area contributed by atoms with Crippen LogP contribution < -0.4 is 24.8 Å². The molecule has 1 aromatic carbocycles. The molecule has 2 rings (SSSR count). The van der Waals surface area contributed by atoms with Crippen LogP contribution in [0.15, 0.2) is 41.5 Å². The Kier molecular flexibility index (Phi) is 14.6. The van der Waals surface area contributed by atoms with Crippen LogP contribution in [0.25, 0.3) is 11.3 Å². The summed E-state index contributed by atoms with van der Waals surface area (Å²) in [5, 5.41) is 0. The molecule has 0 aliphatic heterocycles. The zero-order chi connectivity index (χ0) is 16.2. The van der Waals surface area contributed by atoms with Gasteiger partial charge in [0.1, 0.15) is 0 Å². The molecule has 134 valence electrons. The molecule has 0 saturated heterocycles. The Bertz CT molecular complexity index is 551. The summed E-state index contributed by atoms with van der Waals surface area (Å²) < 4.78 is 0. The molecule has 0 heterocycles. The Labute approximate surface area is 176 Å². The fourth-order valence-electron chi connectivity index (χ4n) is 2.58. The monoisotopic (exact) mass is 401 g/mol. The number of rotatable bonds is 2. The molecule has 0 fully saturated rings. The molecular weight excluding hydrogens is 373 g/mol. The summed E-state index contributed by atoms with van der Waals surface area (Å²) in [4.78, 5) is 0. The summed E-state index contributed by atoms with van der Waals surface area (Å²) in [6, 6.07) is 8.66. The molecule has 0 aromatic heterocycles. The van der Waals surface area contributed by atoms with Crippen molar-refractivity contribution in [3.8, 4) is 0 Å². The topological polar surface area (TPSA) is 23.8 Å². The summed E-state index contributed by atoms with van der Waals surface area (Å²) in [6.45, 7) is 14.4. The second kappa shape index (κ2) is 12.2. The van der Waals surface area contributed by atoms with Crippen LogP contribution in [-0.2, 0) is 21.7 Å². The van der Waals surface area contributed by atoms with Crippen molar-refractivity contribution in [2.45, 2.75) is 54.0 Å². The van der Waals surface area contributed by atoms with E-state index in [0.29, 0.717) is 5.92 Å². The maximum Gasteiger partial charge on any atom is 2.00 e. The Morgan fingerprint density at radius 1 is 1.04 bits per heavy atom. The van der Waals surface area contributed by atoms with E-state index in [9.17, 15) is 0 Å². The minimum absolute atomic E-state index is 0. The number of halogens is 2. The quantitative estimate of drug-likeness (QED) is 0.508. The van der Waals surface area contributed by atoms with Crippen LogP contribution in [0.3, 0.4) is 0 Å². The molecule has 0 amide bonds. The van der Waals surface area contributed by atoms with Gasteiger partial charge in [-0.1, -0.05) is 63.5 Å². The number of benzene rings is 1. The van der Waals surface area contributed by atoms with Crippen LogP contribution in [-0.4, -0.2) is 5.54 Å². The largest absolute Gasteiger partial charge is 2.00 e. The van der Waals surface area contributed by atoms with Gasteiger partial charge in [0.25, 0.3) is 0 Å². The third-order valence-electron chi connectivity index (χ3n) is 3.51. The number of hydrogen-bond acceptors (Lipinski definition) is 0. The molecule has 1 aromatic rings. The first kappa shape index (κ1) is 28.6. The van der Waals surface area contributed by atoms with E-state index < -0.39 is 0 Å². The van der Waals surface area contributed by atoms with Crippen LogP contribution in [0.2, 0.25) is 0 Å². The molecule has 24 heavy (non-hydrogen) atoms. The Morgan fingerprint density at radius 3 is 1.88 bits per heavy atom. The molecule has 1 aliphatic carbocycles. The van der Waals surface area contributed by atoms with Crippen LogP contribution in [0, 0.1) is 12.3 Å². The second-order valence-corrected chi connectivity index (χ2v) is 6.80. The predicted molar refractivity (Wildman–Crippen MR) is 95.1 cm³/mol. The summed E-state index contributed by atoms with van der Waals surface area (Å²) in [5.41, 5.74) is 13.8. The van der Waals surface area contributed by atoms with Crippen molar-refractivity contribution >= 4 is 5.57 Å². The van der Waals surface area contributed by atoms with E-state index in [4.69, 9.17) is 5.73 Å². The summed E-state index contributed by atoms with van der Waals surface area (Å²) >= 11 is 0. The molecule has 1 aliphatic rings. The van der Waals surface area contributed by atoms with Crippen LogP contribution in [0.1, 0.15) is 59.6 Å². The Morgan fingerprint density at radius 2 is 1.50 bits per heavy atom. The molecular formula is C20H29Cl2NTi-2. The molecule has 0 saturated carbocycles. The van der Waals surface area contributed by atoms with Gasteiger partial charge in [-0.3, -0.25) is 0 Å². The van der Waals surface area contributed by atoms with E-state index in [1.165, 1.54) is 27.8 Å². The van der Waals surface area contributed by atoms with Gasteiger partial charge in [0.15, 0.2) is 0 Å². The minimum atomic E-state index is -0.250. The van der Waals surface area contributed by atoms with Crippen molar-refractivity contribution in [2.75, 3.05) is 0 Å². The van der Waals surface area contributed by atoms with Gasteiger partial charge in [0, 0.05) is 0 Å². The zero-order valence-electron chi connectivity index (χ0n) is 15.8. The smallest absolute Gasteiger partial charge is 1.00 e. The van der Waals surface area contributed by atoms with E-state index in [0.717, 1.165) is 0 Å². The van der Waals surface area contributed by atoms with Gasteiger partial charge >= 0.3 is 21.7 Å². The van der Waals surface area contributed by atoms with Gasteiger partial charge in [-0.05, 0) is 19.8 Å². The molecule has 4 heteroatoms. The third kappa shape index (κ3) is 8.78.